The lowest BCUT2D eigenvalue weighted by atomic mass is 9.46. The quantitative estimate of drug-likeness (QED) is 0.800. The van der Waals surface area contributed by atoms with Crippen molar-refractivity contribution < 1.29 is 19.8 Å². The van der Waals surface area contributed by atoms with Crippen molar-refractivity contribution in [2.75, 3.05) is 0 Å². The maximum absolute atomic E-state index is 12.2. The fraction of sp³-hybridized carbons (Fsp3) is 0.800. The molecule has 0 aromatic rings. The number of ketones is 1. The van der Waals surface area contributed by atoms with Gasteiger partial charge in [-0.25, -0.2) is 0 Å². The number of carboxylic acid groups (broad SMARTS) is 1. The predicted octanol–water partition coefficient (Wildman–Crippen LogP) is 3.83. The summed E-state index contributed by atoms with van der Waals surface area (Å²) in [6.45, 7) is 10.5. The van der Waals surface area contributed by atoms with Crippen LogP contribution in [0.2, 0.25) is 0 Å². The summed E-state index contributed by atoms with van der Waals surface area (Å²) < 4.78 is 0. The van der Waals surface area contributed by atoms with Crippen LogP contribution in [0.5, 0.6) is 0 Å². The lowest BCUT2D eigenvalue weighted by molar-refractivity contribution is -0.139. The molecule has 0 spiro atoms. The normalized spacial score (nSPS) is 40.7. The van der Waals surface area contributed by atoms with Crippen molar-refractivity contribution in [3.05, 3.63) is 11.6 Å². The van der Waals surface area contributed by atoms with Gasteiger partial charge in [-0.1, -0.05) is 33.3 Å². The van der Waals surface area contributed by atoms with Crippen molar-refractivity contribution in [2.45, 2.75) is 72.8 Å². The molecular weight excluding hydrogens is 304 g/mol. The van der Waals surface area contributed by atoms with Gasteiger partial charge in [-0.15, -0.1) is 0 Å². The maximum atomic E-state index is 12.2. The van der Waals surface area contributed by atoms with Gasteiger partial charge in [-0.2, -0.15) is 0 Å². The van der Waals surface area contributed by atoms with Crippen LogP contribution in [0.1, 0.15) is 66.7 Å². The molecule has 0 amide bonds. The first-order valence-electron chi connectivity index (χ1n) is 9.12. The van der Waals surface area contributed by atoms with E-state index in [0.717, 1.165) is 18.4 Å². The minimum Gasteiger partial charge on any atom is -0.481 e. The summed E-state index contributed by atoms with van der Waals surface area (Å²) in [4.78, 5) is 23.1. The lowest BCUT2D eigenvalue weighted by Crippen LogP contribution is -2.56. The second kappa shape index (κ2) is 6.62. The highest BCUT2D eigenvalue weighted by Crippen LogP contribution is 2.61. The molecule has 2 aliphatic carbocycles. The Morgan fingerprint density at radius 1 is 1.42 bits per heavy atom. The summed E-state index contributed by atoms with van der Waals surface area (Å²) in [6.07, 6.45) is 4.44. The number of hydrogen-bond acceptors (Lipinski definition) is 3. The molecule has 24 heavy (non-hydrogen) atoms. The highest BCUT2D eigenvalue weighted by atomic mass is 16.4. The number of carbonyl (C=O) groups is 2. The number of aliphatic hydroxyl groups excluding tert-OH is 1. The zero-order valence-electron chi connectivity index (χ0n) is 15.6. The zero-order chi connectivity index (χ0) is 18.3. The Morgan fingerprint density at radius 2 is 2.04 bits per heavy atom. The highest BCUT2D eigenvalue weighted by Gasteiger charge is 2.57. The number of allylic oxidation sites excluding steroid dienone is 2. The zero-order valence-corrected chi connectivity index (χ0v) is 15.6. The third kappa shape index (κ3) is 3.30. The van der Waals surface area contributed by atoms with Crippen LogP contribution in [-0.2, 0) is 9.59 Å². The summed E-state index contributed by atoms with van der Waals surface area (Å²) in [6, 6.07) is 0. The number of fused-ring (bicyclic) bond motifs is 1. The molecule has 0 aromatic heterocycles. The second-order valence-corrected chi connectivity index (χ2v) is 8.78. The molecule has 2 N–H and O–H groups in total. The van der Waals surface area contributed by atoms with Crippen LogP contribution >= 0.6 is 0 Å². The van der Waals surface area contributed by atoms with E-state index >= 15 is 0 Å². The van der Waals surface area contributed by atoms with Gasteiger partial charge >= 0.3 is 5.97 Å². The standard InChI is InChI=1S/C20H32O4/c1-12(8-18(23)24)6-7-19(4)14(3)16(22)11-20(5)13(2)9-15(21)10-17(19)20/h9,12,14,16-17,22H,6-8,10-11H2,1-5H3,(H,23,24)/t12-,14+,16-,17+,19-,20-/m0/s1. The van der Waals surface area contributed by atoms with Crippen molar-refractivity contribution in [3.8, 4) is 0 Å². The van der Waals surface area contributed by atoms with E-state index in [0.29, 0.717) is 12.8 Å². The largest absolute Gasteiger partial charge is 0.481 e. The number of carbonyl (C=O) groups excluding carboxylic acids is 1. The maximum Gasteiger partial charge on any atom is 0.303 e. The molecule has 4 nitrogen and oxygen atoms in total. The second-order valence-electron chi connectivity index (χ2n) is 8.78. The van der Waals surface area contributed by atoms with E-state index in [4.69, 9.17) is 5.11 Å². The van der Waals surface area contributed by atoms with Gasteiger partial charge in [-0.05, 0) is 60.8 Å². The van der Waals surface area contributed by atoms with Gasteiger partial charge in [0.2, 0.25) is 0 Å². The van der Waals surface area contributed by atoms with Crippen LogP contribution < -0.4 is 0 Å². The van der Waals surface area contributed by atoms with Gasteiger partial charge in [0.1, 0.15) is 0 Å². The first-order valence-corrected chi connectivity index (χ1v) is 9.12. The number of carboxylic acids is 1. The Bertz CT molecular complexity index is 552. The Hall–Kier alpha value is -1.16. The van der Waals surface area contributed by atoms with Crippen LogP contribution in [-0.4, -0.2) is 28.1 Å². The number of aliphatic hydroxyl groups is 1. The molecule has 2 aliphatic rings. The van der Waals surface area contributed by atoms with E-state index in [2.05, 4.69) is 20.8 Å². The van der Waals surface area contributed by atoms with Crippen molar-refractivity contribution >= 4 is 11.8 Å². The minimum absolute atomic E-state index is 0.103. The lowest BCUT2D eigenvalue weighted by Gasteiger charge is -2.59. The summed E-state index contributed by atoms with van der Waals surface area (Å²) in [5.74, 6) is -0.166. The van der Waals surface area contributed by atoms with Gasteiger partial charge in [0, 0.05) is 12.8 Å². The molecule has 0 aromatic carbocycles. The van der Waals surface area contributed by atoms with Gasteiger partial charge in [-0.3, -0.25) is 9.59 Å². The molecular formula is C20H32O4. The first-order chi connectivity index (χ1) is 11.0. The SMILES string of the molecule is CC1=CC(=O)C[C@@H]2[C@@](C)(CC[C@H](C)CC(=O)O)[C@H](C)[C@@H](O)C[C@@]12C. The van der Waals surface area contributed by atoms with Gasteiger partial charge in [0.25, 0.3) is 0 Å². The molecule has 0 unspecified atom stereocenters. The smallest absolute Gasteiger partial charge is 0.303 e. The van der Waals surface area contributed by atoms with E-state index in [1.54, 1.807) is 6.08 Å². The number of rotatable bonds is 5. The van der Waals surface area contributed by atoms with Gasteiger partial charge in [0.15, 0.2) is 5.78 Å². The average molecular weight is 336 g/mol. The molecule has 4 heteroatoms. The van der Waals surface area contributed by atoms with Crippen LogP contribution in [0, 0.1) is 28.6 Å². The van der Waals surface area contributed by atoms with Crippen molar-refractivity contribution in [1.29, 1.82) is 0 Å². The summed E-state index contributed by atoms with van der Waals surface area (Å²) in [7, 11) is 0. The third-order valence-electron chi connectivity index (χ3n) is 7.20. The fourth-order valence-corrected chi connectivity index (χ4v) is 5.16. The van der Waals surface area contributed by atoms with E-state index < -0.39 is 5.97 Å². The fourth-order valence-electron chi connectivity index (χ4n) is 5.16. The average Bonchev–Trinajstić information content (AvgIpc) is 2.46. The molecule has 136 valence electrons. The summed E-state index contributed by atoms with van der Waals surface area (Å²) in [5, 5.41) is 19.7. The third-order valence-corrected chi connectivity index (χ3v) is 7.20. The van der Waals surface area contributed by atoms with Crippen LogP contribution in [0.3, 0.4) is 0 Å². The van der Waals surface area contributed by atoms with Crippen LogP contribution in [0.25, 0.3) is 0 Å². The molecule has 2 rings (SSSR count). The Morgan fingerprint density at radius 3 is 2.62 bits per heavy atom. The monoisotopic (exact) mass is 336 g/mol. The first kappa shape index (κ1) is 19.2. The molecule has 1 fully saturated rings. The Labute approximate surface area is 145 Å². The highest BCUT2D eigenvalue weighted by molar-refractivity contribution is 5.92. The molecule has 0 saturated heterocycles. The summed E-state index contributed by atoms with van der Waals surface area (Å²) >= 11 is 0. The molecule has 0 heterocycles. The molecule has 1 saturated carbocycles. The summed E-state index contributed by atoms with van der Waals surface area (Å²) in [5.41, 5.74) is 0.772. The van der Waals surface area contributed by atoms with Crippen LogP contribution in [0.15, 0.2) is 11.6 Å². The molecule has 0 radical (unpaired) electrons. The molecule has 0 bridgehead atoms. The van der Waals surface area contributed by atoms with E-state index in [1.807, 2.05) is 13.8 Å². The number of hydrogen-bond donors (Lipinski definition) is 2. The van der Waals surface area contributed by atoms with Crippen molar-refractivity contribution in [2.24, 2.45) is 28.6 Å². The van der Waals surface area contributed by atoms with Crippen molar-refractivity contribution in [3.63, 3.8) is 0 Å². The van der Waals surface area contributed by atoms with E-state index in [1.165, 1.54) is 0 Å². The predicted molar refractivity (Wildman–Crippen MR) is 93.5 cm³/mol. The Balaban J connectivity index is 2.29. The number of aliphatic carboxylic acids is 1. The van der Waals surface area contributed by atoms with E-state index in [-0.39, 0.29) is 46.9 Å². The van der Waals surface area contributed by atoms with Gasteiger partial charge in [0.05, 0.1) is 6.10 Å². The molecule has 0 aliphatic heterocycles. The minimum atomic E-state index is -0.763. The van der Waals surface area contributed by atoms with E-state index in [9.17, 15) is 14.7 Å². The van der Waals surface area contributed by atoms with Gasteiger partial charge < -0.3 is 10.2 Å². The Kier molecular flexibility index (Phi) is 5.29. The topological polar surface area (TPSA) is 74.6 Å². The van der Waals surface area contributed by atoms with Crippen molar-refractivity contribution in [1.82, 2.24) is 0 Å². The van der Waals surface area contributed by atoms with Crippen LogP contribution in [0.4, 0.5) is 0 Å². The molecule has 6 atom stereocenters.